The molecule has 188 valence electrons. The minimum atomic E-state index is -0.713. The van der Waals surface area contributed by atoms with Crippen molar-refractivity contribution in [3.8, 4) is 16.8 Å². The largest absolute Gasteiger partial charge is 0.465 e. The van der Waals surface area contributed by atoms with Gasteiger partial charge in [-0.3, -0.25) is 14.2 Å². The van der Waals surface area contributed by atoms with E-state index in [4.69, 9.17) is 39.5 Å². The van der Waals surface area contributed by atoms with E-state index in [1.165, 1.54) is 23.8 Å². The molecule has 0 N–H and O–H groups in total. The third kappa shape index (κ3) is 4.39. The molecule has 0 atom stereocenters. The number of methoxy groups -OCH3 is 1. The monoisotopic (exact) mass is 561 g/mol. The third-order valence-electron chi connectivity index (χ3n) is 6.18. The summed E-state index contributed by atoms with van der Waals surface area (Å²) >= 11 is 19.4. The molecule has 0 unspecified atom stereocenters. The molecule has 0 aliphatic heterocycles. The highest BCUT2D eigenvalue weighted by Crippen LogP contribution is 2.37. The molecular formula is C30H18Cl3NO4. The predicted octanol–water partition coefficient (Wildman–Crippen LogP) is 7.64. The fourth-order valence-electron chi connectivity index (χ4n) is 4.49. The number of ketones is 1. The molecule has 0 radical (unpaired) electrons. The van der Waals surface area contributed by atoms with Gasteiger partial charge in [0.15, 0.2) is 5.78 Å². The highest BCUT2D eigenvalue weighted by atomic mass is 35.5. The standard InChI is InChI=1S/C30H18Cl3NO4/c1-38-30(37)27-20(17-8-3-2-4-9-17)16-24-19(26(27)29(36)18-10-5-6-11-21(18)31)14-15-25(35)34(24)28-22(32)12-7-13-23(28)33/h2-16H,1H3. The van der Waals surface area contributed by atoms with E-state index in [0.717, 1.165) is 0 Å². The molecule has 0 saturated heterocycles. The van der Waals surface area contributed by atoms with Gasteiger partial charge in [0.05, 0.1) is 38.9 Å². The summed E-state index contributed by atoms with van der Waals surface area (Å²) in [7, 11) is 1.25. The van der Waals surface area contributed by atoms with Gasteiger partial charge in [-0.1, -0.05) is 83.3 Å². The maximum absolute atomic E-state index is 14.1. The van der Waals surface area contributed by atoms with E-state index in [1.807, 2.05) is 6.07 Å². The minimum absolute atomic E-state index is 0.0400. The molecule has 1 aromatic heterocycles. The molecule has 0 aliphatic carbocycles. The van der Waals surface area contributed by atoms with Gasteiger partial charge in [0.2, 0.25) is 0 Å². The van der Waals surface area contributed by atoms with Gasteiger partial charge in [0.1, 0.15) is 0 Å². The maximum atomic E-state index is 14.1. The van der Waals surface area contributed by atoms with Crippen LogP contribution in [0.4, 0.5) is 0 Å². The molecule has 0 spiro atoms. The lowest BCUT2D eigenvalue weighted by Gasteiger charge is -2.20. The molecule has 0 bridgehead atoms. The molecule has 4 aromatic carbocycles. The lowest BCUT2D eigenvalue weighted by molar-refractivity contribution is 0.0598. The average molecular weight is 563 g/mol. The number of rotatable bonds is 5. The van der Waals surface area contributed by atoms with Gasteiger partial charge >= 0.3 is 5.97 Å². The lowest BCUT2D eigenvalue weighted by Crippen LogP contribution is -2.21. The Morgan fingerprint density at radius 1 is 0.737 bits per heavy atom. The SMILES string of the molecule is COC(=O)c1c(-c2ccccc2)cc2c(ccc(=O)n2-c2c(Cl)cccc2Cl)c1C(=O)c1ccccc1Cl. The predicted molar refractivity (Wildman–Crippen MR) is 151 cm³/mol. The number of nitrogens with zero attached hydrogens (tertiary/aromatic N) is 1. The summed E-state index contributed by atoms with van der Waals surface area (Å²) < 4.78 is 6.49. The van der Waals surface area contributed by atoms with Crippen molar-refractivity contribution in [2.24, 2.45) is 0 Å². The normalized spacial score (nSPS) is 10.9. The van der Waals surface area contributed by atoms with Crippen LogP contribution in [0.25, 0.3) is 27.7 Å². The Hall–Kier alpha value is -3.90. The molecule has 5 nitrogen and oxygen atoms in total. The van der Waals surface area contributed by atoms with Crippen LogP contribution in [0.1, 0.15) is 26.3 Å². The van der Waals surface area contributed by atoms with Crippen LogP contribution >= 0.6 is 34.8 Å². The molecule has 8 heteroatoms. The second kappa shape index (κ2) is 10.5. The number of esters is 1. The maximum Gasteiger partial charge on any atom is 0.339 e. The van der Waals surface area contributed by atoms with Crippen LogP contribution in [-0.4, -0.2) is 23.4 Å². The number of benzene rings is 4. The second-order valence-corrected chi connectivity index (χ2v) is 9.57. The van der Waals surface area contributed by atoms with Crippen LogP contribution in [0.5, 0.6) is 0 Å². The summed E-state index contributed by atoms with van der Waals surface area (Å²) in [6.07, 6.45) is 0. The summed E-state index contributed by atoms with van der Waals surface area (Å²) in [6.45, 7) is 0. The Kier molecular flexibility index (Phi) is 7.09. The Labute approximate surface area is 232 Å². The van der Waals surface area contributed by atoms with Crippen LogP contribution in [0.15, 0.2) is 95.8 Å². The lowest BCUT2D eigenvalue weighted by atomic mass is 9.88. The van der Waals surface area contributed by atoms with Gasteiger partial charge in [-0.2, -0.15) is 0 Å². The van der Waals surface area contributed by atoms with Gasteiger partial charge in [0, 0.05) is 22.6 Å². The Bertz CT molecular complexity index is 1780. The molecule has 38 heavy (non-hydrogen) atoms. The summed E-state index contributed by atoms with van der Waals surface area (Å²) in [5.41, 5.74) is 1.47. The molecule has 0 aliphatic rings. The van der Waals surface area contributed by atoms with Crippen molar-refractivity contribution in [3.63, 3.8) is 0 Å². The van der Waals surface area contributed by atoms with Crippen LogP contribution in [-0.2, 0) is 4.74 Å². The van der Waals surface area contributed by atoms with Gasteiger partial charge in [-0.15, -0.1) is 0 Å². The van der Waals surface area contributed by atoms with Crippen LogP contribution in [0.2, 0.25) is 15.1 Å². The van der Waals surface area contributed by atoms with E-state index in [-0.39, 0.29) is 37.4 Å². The zero-order valence-corrected chi connectivity index (χ0v) is 22.1. The fraction of sp³-hybridized carbons (Fsp3) is 0.0333. The fourth-order valence-corrected chi connectivity index (χ4v) is 5.28. The number of ether oxygens (including phenoxy) is 1. The number of carbonyl (C=O) groups is 2. The van der Waals surface area contributed by atoms with Crippen LogP contribution in [0, 0.1) is 0 Å². The number of para-hydroxylation sites is 1. The molecule has 0 fully saturated rings. The number of carbonyl (C=O) groups excluding carboxylic acids is 2. The van der Waals surface area contributed by atoms with E-state index in [1.54, 1.807) is 72.8 Å². The molecule has 0 saturated carbocycles. The number of hydrogen-bond donors (Lipinski definition) is 0. The number of hydrogen-bond acceptors (Lipinski definition) is 4. The zero-order valence-electron chi connectivity index (χ0n) is 19.9. The van der Waals surface area contributed by atoms with Crippen molar-refractivity contribution in [2.45, 2.75) is 0 Å². The van der Waals surface area contributed by atoms with Crippen molar-refractivity contribution in [1.29, 1.82) is 0 Å². The van der Waals surface area contributed by atoms with Crippen molar-refractivity contribution >= 4 is 57.5 Å². The second-order valence-electron chi connectivity index (χ2n) is 8.35. The average Bonchev–Trinajstić information content (AvgIpc) is 2.93. The van der Waals surface area contributed by atoms with E-state index in [2.05, 4.69) is 0 Å². The summed E-state index contributed by atoms with van der Waals surface area (Å²) in [6, 6.07) is 25.0. The van der Waals surface area contributed by atoms with Gasteiger partial charge in [0.25, 0.3) is 5.56 Å². The van der Waals surface area contributed by atoms with Gasteiger partial charge < -0.3 is 4.74 Å². The molecule has 5 aromatic rings. The van der Waals surface area contributed by atoms with Crippen LogP contribution in [0.3, 0.4) is 0 Å². The highest BCUT2D eigenvalue weighted by Gasteiger charge is 2.29. The first-order valence-corrected chi connectivity index (χ1v) is 12.6. The zero-order chi connectivity index (χ0) is 27.0. The van der Waals surface area contributed by atoms with Crippen LogP contribution < -0.4 is 5.56 Å². The third-order valence-corrected chi connectivity index (χ3v) is 7.12. The van der Waals surface area contributed by atoms with Crippen molar-refractivity contribution in [2.75, 3.05) is 7.11 Å². The van der Waals surface area contributed by atoms with E-state index < -0.39 is 17.3 Å². The summed E-state index contributed by atoms with van der Waals surface area (Å²) in [5.74, 6) is -1.22. The molecule has 1 heterocycles. The molecule has 5 rings (SSSR count). The Balaban J connectivity index is 2.02. The number of halogens is 3. The topological polar surface area (TPSA) is 65.4 Å². The first kappa shape index (κ1) is 25.7. The Morgan fingerprint density at radius 3 is 2.03 bits per heavy atom. The van der Waals surface area contributed by atoms with Gasteiger partial charge in [-0.05, 0) is 47.5 Å². The number of aromatic nitrogens is 1. The number of fused-ring (bicyclic) bond motifs is 1. The first-order chi connectivity index (χ1) is 18.3. The summed E-state index contributed by atoms with van der Waals surface area (Å²) in [4.78, 5) is 40.8. The van der Waals surface area contributed by atoms with Crippen molar-refractivity contribution < 1.29 is 14.3 Å². The van der Waals surface area contributed by atoms with Crippen molar-refractivity contribution in [1.82, 2.24) is 4.57 Å². The first-order valence-electron chi connectivity index (χ1n) is 11.4. The van der Waals surface area contributed by atoms with E-state index >= 15 is 0 Å². The Morgan fingerprint density at radius 2 is 1.37 bits per heavy atom. The highest BCUT2D eigenvalue weighted by molar-refractivity contribution is 6.38. The smallest absolute Gasteiger partial charge is 0.339 e. The quantitative estimate of drug-likeness (QED) is 0.163. The van der Waals surface area contributed by atoms with E-state index in [0.29, 0.717) is 22.0 Å². The van der Waals surface area contributed by atoms with E-state index in [9.17, 15) is 14.4 Å². The van der Waals surface area contributed by atoms with Crippen molar-refractivity contribution in [3.05, 3.63) is 133 Å². The molecular weight excluding hydrogens is 545 g/mol. The minimum Gasteiger partial charge on any atom is -0.465 e. The summed E-state index contributed by atoms with van der Waals surface area (Å²) in [5, 5.41) is 1.02. The molecule has 0 amide bonds. The van der Waals surface area contributed by atoms with Gasteiger partial charge in [-0.25, -0.2) is 4.79 Å². The number of pyridine rings is 1.